The molecule has 14 heavy (non-hydrogen) atoms. The van der Waals surface area contributed by atoms with Crippen molar-refractivity contribution < 1.29 is 0 Å². The first-order chi connectivity index (χ1) is 6.70. The summed E-state index contributed by atoms with van der Waals surface area (Å²) < 4.78 is 1.73. The molecule has 0 bridgehead atoms. The van der Waals surface area contributed by atoms with Gasteiger partial charge in [0.25, 0.3) is 0 Å². The second kappa shape index (κ2) is 3.17. The van der Waals surface area contributed by atoms with E-state index in [0.29, 0.717) is 11.7 Å². The van der Waals surface area contributed by atoms with E-state index in [4.69, 9.17) is 5.73 Å². The van der Waals surface area contributed by atoms with Gasteiger partial charge in [0, 0.05) is 12.4 Å². The molecule has 2 heterocycles. The molecular weight excluding hydrogens is 178 g/mol. The van der Waals surface area contributed by atoms with Gasteiger partial charge in [0.15, 0.2) is 5.82 Å². The zero-order valence-electron chi connectivity index (χ0n) is 8.23. The first kappa shape index (κ1) is 8.80. The molecule has 0 saturated carbocycles. The standard InChI is InChI=1S/C9H13N5/c1-6(2)7-8(9(10)13-12-7)14-5-3-4-11-14/h3-6H,1-2H3,(H3,10,12,13). The average Bonchev–Trinajstić information content (AvgIpc) is 2.71. The third-order valence-electron chi connectivity index (χ3n) is 2.11. The largest absolute Gasteiger partial charge is 0.380 e. The zero-order valence-corrected chi connectivity index (χ0v) is 8.23. The molecule has 0 unspecified atom stereocenters. The number of H-pyrrole nitrogens is 1. The molecule has 0 atom stereocenters. The van der Waals surface area contributed by atoms with Crippen molar-refractivity contribution >= 4 is 5.82 Å². The predicted octanol–water partition coefficient (Wildman–Crippen LogP) is 1.30. The van der Waals surface area contributed by atoms with E-state index in [0.717, 1.165) is 11.4 Å². The Balaban J connectivity index is 2.56. The number of anilines is 1. The molecule has 0 spiro atoms. The van der Waals surface area contributed by atoms with E-state index in [9.17, 15) is 0 Å². The number of nitrogens with zero attached hydrogens (tertiary/aromatic N) is 3. The van der Waals surface area contributed by atoms with Crippen LogP contribution in [0.1, 0.15) is 25.5 Å². The molecule has 0 radical (unpaired) electrons. The zero-order chi connectivity index (χ0) is 10.1. The average molecular weight is 191 g/mol. The Labute approximate surface area is 81.9 Å². The number of hydrogen-bond donors (Lipinski definition) is 2. The fourth-order valence-electron chi connectivity index (χ4n) is 1.41. The molecule has 5 heteroatoms. The van der Waals surface area contributed by atoms with E-state index in [1.165, 1.54) is 0 Å². The van der Waals surface area contributed by atoms with E-state index < -0.39 is 0 Å². The van der Waals surface area contributed by atoms with Gasteiger partial charge in [0.2, 0.25) is 0 Å². The summed E-state index contributed by atoms with van der Waals surface area (Å²) in [4.78, 5) is 0. The third-order valence-corrected chi connectivity index (χ3v) is 2.11. The van der Waals surface area contributed by atoms with Gasteiger partial charge in [-0.3, -0.25) is 5.10 Å². The smallest absolute Gasteiger partial charge is 0.171 e. The summed E-state index contributed by atoms with van der Waals surface area (Å²) >= 11 is 0. The van der Waals surface area contributed by atoms with E-state index in [-0.39, 0.29) is 0 Å². The van der Waals surface area contributed by atoms with Crippen LogP contribution < -0.4 is 5.73 Å². The highest BCUT2D eigenvalue weighted by Gasteiger charge is 2.15. The number of nitrogens with one attached hydrogen (secondary N) is 1. The number of hydrogen-bond acceptors (Lipinski definition) is 3. The molecule has 0 aliphatic carbocycles. The van der Waals surface area contributed by atoms with Crippen molar-refractivity contribution in [1.82, 2.24) is 20.0 Å². The monoisotopic (exact) mass is 191 g/mol. The maximum absolute atomic E-state index is 5.77. The Kier molecular flexibility index (Phi) is 1.99. The topological polar surface area (TPSA) is 72.5 Å². The minimum absolute atomic E-state index is 0.346. The van der Waals surface area contributed by atoms with Gasteiger partial charge in [-0.25, -0.2) is 4.68 Å². The minimum atomic E-state index is 0.346. The third kappa shape index (κ3) is 1.26. The molecule has 2 aromatic heterocycles. The Bertz CT molecular complexity index is 412. The maximum Gasteiger partial charge on any atom is 0.171 e. The van der Waals surface area contributed by atoms with Crippen LogP contribution in [-0.4, -0.2) is 20.0 Å². The van der Waals surface area contributed by atoms with Crippen molar-refractivity contribution in [3.8, 4) is 5.69 Å². The second-order valence-electron chi connectivity index (χ2n) is 3.48. The highest BCUT2D eigenvalue weighted by atomic mass is 15.3. The van der Waals surface area contributed by atoms with Crippen molar-refractivity contribution in [3.63, 3.8) is 0 Å². The lowest BCUT2D eigenvalue weighted by Crippen LogP contribution is -2.02. The van der Waals surface area contributed by atoms with Gasteiger partial charge >= 0.3 is 0 Å². The lowest BCUT2D eigenvalue weighted by atomic mass is 10.1. The molecule has 2 aromatic rings. The maximum atomic E-state index is 5.77. The van der Waals surface area contributed by atoms with E-state index >= 15 is 0 Å². The summed E-state index contributed by atoms with van der Waals surface area (Å²) in [5, 5.41) is 11.1. The summed E-state index contributed by atoms with van der Waals surface area (Å²) in [5.74, 6) is 0.830. The summed E-state index contributed by atoms with van der Waals surface area (Å²) in [6.45, 7) is 4.17. The number of nitrogens with two attached hydrogens (primary N) is 1. The van der Waals surface area contributed by atoms with Crippen molar-refractivity contribution in [2.75, 3.05) is 5.73 Å². The van der Waals surface area contributed by atoms with Gasteiger partial charge in [-0.15, -0.1) is 0 Å². The summed E-state index contributed by atoms with van der Waals surface area (Å²) in [7, 11) is 0. The van der Waals surface area contributed by atoms with Crippen molar-refractivity contribution in [2.45, 2.75) is 19.8 Å². The summed E-state index contributed by atoms with van der Waals surface area (Å²) in [5.41, 5.74) is 7.62. The molecule has 0 aliphatic rings. The van der Waals surface area contributed by atoms with Crippen molar-refractivity contribution in [2.24, 2.45) is 0 Å². The molecule has 5 nitrogen and oxygen atoms in total. The first-order valence-electron chi connectivity index (χ1n) is 4.54. The van der Waals surface area contributed by atoms with Gasteiger partial charge in [-0.05, 0) is 12.0 Å². The van der Waals surface area contributed by atoms with Crippen LogP contribution in [0.2, 0.25) is 0 Å². The quantitative estimate of drug-likeness (QED) is 0.751. The number of rotatable bonds is 2. The van der Waals surface area contributed by atoms with E-state index in [1.54, 1.807) is 10.9 Å². The summed E-state index contributed by atoms with van der Waals surface area (Å²) in [6, 6.07) is 1.86. The highest BCUT2D eigenvalue weighted by Crippen LogP contribution is 2.24. The fraction of sp³-hybridized carbons (Fsp3) is 0.333. The van der Waals surface area contributed by atoms with Crippen LogP contribution in [-0.2, 0) is 0 Å². The van der Waals surface area contributed by atoms with Gasteiger partial charge in [0.05, 0.1) is 5.69 Å². The van der Waals surface area contributed by atoms with Crippen LogP contribution in [0.4, 0.5) is 5.82 Å². The summed E-state index contributed by atoms with van der Waals surface area (Å²) in [6.07, 6.45) is 3.57. The van der Waals surface area contributed by atoms with Crippen molar-refractivity contribution in [1.29, 1.82) is 0 Å². The van der Waals surface area contributed by atoms with Gasteiger partial charge in [-0.2, -0.15) is 10.2 Å². The number of aromatic amines is 1. The Morgan fingerprint density at radius 2 is 2.29 bits per heavy atom. The van der Waals surface area contributed by atoms with Gasteiger partial charge < -0.3 is 5.73 Å². The van der Waals surface area contributed by atoms with E-state index in [2.05, 4.69) is 29.1 Å². The molecule has 0 saturated heterocycles. The van der Waals surface area contributed by atoms with Crippen LogP contribution in [0, 0.1) is 0 Å². The molecule has 0 aliphatic heterocycles. The normalized spacial score (nSPS) is 11.1. The molecule has 2 rings (SSSR count). The molecule has 0 fully saturated rings. The first-order valence-corrected chi connectivity index (χ1v) is 4.54. The Hall–Kier alpha value is -1.78. The molecule has 3 N–H and O–H groups in total. The molecule has 0 aromatic carbocycles. The molecule has 74 valence electrons. The SMILES string of the molecule is CC(C)c1[nH]nc(N)c1-n1cccn1. The van der Waals surface area contributed by atoms with Crippen LogP contribution in [0.3, 0.4) is 0 Å². The molecule has 0 amide bonds. The highest BCUT2D eigenvalue weighted by molar-refractivity contribution is 5.55. The van der Waals surface area contributed by atoms with Crippen LogP contribution in [0.15, 0.2) is 18.5 Å². The number of nitrogen functional groups attached to an aromatic ring is 1. The Morgan fingerprint density at radius 3 is 2.86 bits per heavy atom. The number of aromatic nitrogens is 4. The van der Waals surface area contributed by atoms with Gasteiger partial charge in [0.1, 0.15) is 5.69 Å². The lowest BCUT2D eigenvalue weighted by Gasteiger charge is -2.06. The fourth-order valence-corrected chi connectivity index (χ4v) is 1.41. The minimum Gasteiger partial charge on any atom is -0.380 e. The van der Waals surface area contributed by atoms with Crippen LogP contribution in [0.25, 0.3) is 5.69 Å². The predicted molar refractivity (Wildman–Crippen MR) is 54.2 cm³/mol. The molecular formula is C9H13N5. The van der Waals surface area contributed by atoms with Crippen LogP contribution in [0.5, 0.6) is 0 Å². The van der Waals surface area contributed by atoms with E-state index in [1.807, 2.05) is 12.3 Å². The van der Waals surface area contributed by atoms with Gasteiger partial charge in [-0.1, -0.05) is 13.8 Å². The second-order valence-corrected chi connectivity index (χ2v) is 3.48. The lowest BCUT2D eigenvalue weighted by molar-refractivity contribution is 0.781. The van der Waals surface area contributed by atoms with Crippen LogP contribution >= 0.6 is 0 Å². The van der Waals surface area contributed by atoms with Crippen molar-refractivity contribution in [3.05, 3.63) is 24.2 Å². The Morgan fingerprint density at radius 1 is 1.50 bits per heavy atom.